The maximum Gasteiger partial charge on any atom is 0.126 e. The van der Waals surface area contributed by atoms with Crippen molar-refractivity contribution < 1.29 is 4.39 Å². The van der Waals surface area contributed by atoms with Gasteiger partial charge < -0.3 is 5.73 Å². The molecule has 2 nitrogen and oxygen atoms in total. The van der Waals surface area contributed by atoms with Crippen LogP contribution in [0.15, 0.2) is 47.8 Å². The molecule has 20 heavy (non-hydrogen) atoms. The second-order valence-corrected chi connectivity index (χ2v) is 5.45. The first-order chi connectivity index (χ1) is 9.65. The Balaban J connectivity index is 2.02. The van der Waals surface area contributed by atoms with Crippen LogP contribution < -0.4 is 5.73 Å². The Kier molecular flexibility index (Phi) is 3.24. The van der Waals surface area contributed by atoms with Crippen LogP contribution in [0, 0.1) is 12.7 Å². The van der Waals surface area contributed by atoms with Crippen LogP contribution in [-0.4, -0.2) is 4.98 Å². The molecule has 1 aromatic heterocycles. The highest BCUT2D eigenvalue weighted by atomic mass is 32.1. The monoisotopic (exact) mass is 284 g/mol. The van der Waals surface area contributed by atoms with Crippen molar-refractivity contribution in [1.82, 2.24) is 4.98 Å². The molecule has 0 aliphatic heterocycles. The second kappa shape index (κ2) is 5.06. The SMILES string of the molecule is Cc1cc(-c2nc(-c3ccccc3N)cs2)ccc1F. The summed E-state index contributed by atoms with van der Waals surface area (Å²) in [5.74, 6) is -0.196. The summed E-state index contributed by atoms with van der Waals surface area (Å²) >= 11 is 1.53. The van der Waals surface area contributed by atoms with Gasteiger partial charge in [-0.05, 0) is 36.8 Å². The number of rotatable bonds is 2. The minimum absolute atomic E-state index is 0.196. The molecule has 4 heteroatoms. The molecule has 0 amide bonds. The minimum Gasteiger partial charge on any atom is -0.398 e. The van der Waals surface area contributed by atoms with Gasteiger partial charge in [0, 0.05) is 22.2 Å². The first-order valence-corrected chi connectivity index (χ1v) is 7.10. The normalized spacial score (nSPS) is 10.7. The van der Waals surface area contributed by atoms with Crippen molar-refractivity contribution in [1.29, 1.82) is 0 Å². The predicted octanol–water partition coefficient (Wildman–Crippen LogP) is 4.51. The first-order valence-electron chi connectivity index (χ1n) is 6.22. The number of aryl methyl sites for hydroxylation is 1. The van der Waals surface area contributed by atoms with Gasteiger partial charge in [-0.2, -0.15) is 0 Å². The van der Waals surface area contributed by atoms with E-state index in [-0.39, 0.29) is 5.82 Å². The molecule has 2 aromatic carbocycles. The van der Waals surface area contributed by atoms with Crippen LogP contribution in [-0.2, 0) is 0 Å². The number of nitrogens with two attached hydrogens (primary N) is 1. The van der Waals surface area contributed by atoms with E-state index in [0.717, 1.165) is 21.8 Å². The molecule has 0 atom stereocenters. The number of halogens is 1. The van der Waals surface area contributed by atoms with E-state index in [1.807, 2.05) is 35.7 Å². The maximum absolute atomic E-state index is 13.3. The molecule has 0 bridgehead atoms. The highest BCUT2D eigenvalue weighted by molar-refractivity contribution is 7.13. The number of nitrogens with zero attached hydrogens (tertiary/aromatic N) is 1. The van der Waals surface area contributed by atoms with Crippen LogP contribution in [0.2, 0.25) is 0 Å². The molecule has 0 unspecified atom stereocenters. The van der Waals surface area contributed by atoms with Gasteiger partial charge in [0.1, 0.15) is 10.8 Å². The molecule has 1 heterocycles. The Morgan fingerprint density at radius 1 is 1.15 bits per heavy atom. The Bertz CT molecular complexity index is 765. The summed E-state index contributed by atoms with van der Waals surface area (Å²) in [7, 11) is 0. The van der Waals surface area contributed by atoms with Crippen LogP contribution >= 0.6 is 11.3 Å². The molecule has 100 valence electrons. The number of aromatic nitrogens is 1. The van der Waals surface area contributed by atoms with Crippen molar-refractivity contribution in [3.63, 3.8) is 0 Å². The van der Waals surface area contributed by atoms with Gasteiger partial charge in [0.2, 0.25) is 0 Å². The number of benzene rings is 2. The number of hydrogen-bond donors (Lipinski definition) is 1. The largest absolute Gasteiger partial charge is 0.398 e. The standard InChI is InChI=1S/C16H13FN2S/c1-10-8-11(6-7-13(10)17)16-19-15(9-20-16)12-4-2-3-5-14(12)18/h2-9H,18H2,1H3. The quantitative estimate of drug-likeness (QED) is 0.703. The maximum atomic E-state index is 13.3. The van der Waals surface area contributed by atoms with E-state index in [1.165, 1.54) is 17.4 Å². The Hall–Kier alpha value is -2.20. The van der Waals surface area contributed by atoms with Gasteiger partial charge in [-0.1, -0.05) is 18.2 Å². The number of anilines is 1. The molecule has 0 saturated heterocycles. The third-order valence-corrected chi connectivity index (χ3v) is 4.04. The van der Waals surface area contributed by atoms with E-state index in [2.05, 4.69) is 4.98 Å². The highest BCUT2D eigenvalue weighted by Gasteiger charge is 2.09. The number of hydrogen-bond acceptors (Lipinski definition) is 3. The zero-order valence-electron chi connectivity index (χ0n) is 10.9. The molecule has 2 N–H and O–H groups in total. The summed E-state index contributed by atoms with van der Waals surface area (Å²) in [5, 5.41) is 2.84. The summed E-state index contributed by atoms with van der Waals surface area (Å²) in [6, 6.07) is 12.7. The molecule has 3 rings (SSSR count). The molecule has 0 aliphatic carbocycles. The lowest BCUT2D eigenvalue weighted by atomic mass is 10.1. The highest BCUT2D eigenvalue weighted by Crippen LogP contribution is 2.32. The molecular weight excluding hydrogens is 271 g/mol. The van der Waals surface area contributed by atoms with E-state index in [1.54, 1.807) is 13.0 Å². The van der Waals surface area contributed by atoms with Gasteiger partial charge in [-0.3, -0.25) is 0 Å². The number of thiazole rings is 1. The lowest BCUT2D eigenvalue weighted by Gasteiger charge is -2.01. The summed E-state index contributed by atoms with van der Waals surface area (Å²) < 4.78 is 13.3. The summed E-state index contributed by atoms with van der Waals surface area (Å²) in [5.41, 5.74) is 9.99. The van der Waals surface area contributed by atoms with Gasteiger partial charge in [-0.25, -0.2) is 9.37 Å². The van der Waals surface area contributed by atoms with Crippen molar-refractivity contribution >= 4 is 17.0 Å². The minimum atomic E-state index is -0.196. The van der Waals surface area contributed by atoms with Crippen molar-refractivity contribution in [2.75, 3.05) is 5.73 Å². The zero-order chi connectivity index (χ0) is 14.1. The molecule has 0 fully saturated rings. The topological polar surface area (TPSA) is 38.9 Å². The van der Waals surface area contributed by atoms with Crippen molar-refractivity contribution in [3.8, 4) is 21.8 Å². The van der Waals surface area contributed by atoms with Gasteiger partial charge in [0.25, 0.3) is 0 Å². The average Bonchev–Trinajstić information content (AvgIpc) is 2.92. The zero-order valence-corrected chi connectivity index (χ0v) is 11.7. The Labute approximate surface area is 120 Å². The third kappa shape index (κ3) is 2.30. The predicted molar refractivity (Wildman–Crippen MR) is 82.1 cm³/mol. The van der Waals surface area contributed by atoms with Crippen LogP contribution in [0.1, 0.15) is 5.56 Å². The fourth-order valence-electron chi connectivity index (χ4n) is 2.04. The van der Waals surface area contributed by atoms with Crippen LogP contribution in [0.5, 0.6) is 0 Å². The van der Waals surface area contributed by atoms with Crippen LogP contribution in [0.3, 0.4) is 0 Å². The summed E-state index contributed by atoms with van der Waals surface area (Å²) in [6.07, 6.45) is 0. The van der Waals surface area contributed by atoms with Crippen molar-refractivity contribution in [3.05, 3.63) is 59.2 Å². The summed E-state index contributed by atoms with van der Waals surface area (Å²) in [4.78, 5) is 4.60. The molecule has 0 aliphatic rings. The van der Waals surface area contributed by atoms with Crippen LogP contribution in [0.4, 0.5) is 10.1 Å². The molecule has 0 radical (unpaired) electrons. The van der Waals surface area contributed by atoms with Gasteiger partial charge in [0.15, 0.2) is 0 Å². The summed E-state index contributed by atoms with van der Waals surface area (Å²) in [6.45, 7) is 1.75. The lowest BCUT2D eigenvalue weighted by Crippen LogP contribution is -1.89. The van der Waals surface area contributed by atoms with Gasteiger partial charge >= 0.3 is 0 Å². The number of nitrogen functional groups attached to an aromatic ring is 1. The molecule has 0 spiro atoms. The van der Waals surface area contributed by atoms with E-state index < -0.39 is 0 Å². The van der Waals surface area contributed by atoms with Crippen LogP contribution in [0.25, 0.3) is 21.8 Å². The first kappa shape index (κ1) is 12.8. The smallest absolute Gasteiger partial charge is 0.126 e. The molecule has 0 saturated carbocycles. The lowest BCUT2D eigenvalue weighted by molar-refractivity contribution is 0.619. The Morgan fingerprint density at radius 2 is 1.95 bits per heavy atom. The Morgan fingerprint density at radius 3 is 2.70 bits per heavy atom. The van der Waals surface area contributed by atoms with E-state index in [4.69, 9.17) is 5.73 Å². The van der Waals surface area contributed by atoms with Gasteiger partial charge in [0.05, 0.1) is 5.69 Å². The van der Waals surface area contributed by atoms with E-state index in [9.17, 15) is 4.39 Å². The number of para-hydroxylation sites is 1. The molecular formula is C16H13FN2S. The fraction of sp³-hybridized carbons (Fsp3) is 0.0625. The fourth-order valence-corrected chi connectivity index (χ4v) is 2.86. The van der Waals surface area contributed by atoms with Gasteiger partial charge in [-0.15, -0.1) is 11.3 Å². The van der Waals surface area contributed by atoms with E-state index in [0.29, 0.717) is 11.3 Å². The molecule has 3 aromatic rings. The van der Waals surface area contributed by atoms with Crippen molar-refractivity contribution in [2.45, 2.75) is 6.92 Å². The van der Waals surface area contributed by atoms with E-state index >= 15 is 0 Å². The third-order valence-electron chi connectivity index (χ3n) is 3.15. The van der Waals surface area contributed by atoms with Crippen molar-refractivity contribution in [2.24, 2.45) is 0 Å². The average molecular weight is 284 g/mol. The second-order valence-electron chi connectivity index (χ2n) is 4.59.